The van der Waals surface area contributed by atoms with Crippen LogP contribution in [-0.4, -0.2) is 100 Å². The van der Waals surface area contributed by atoms with Crippen LogP contribution in [0.25, 0.3) is 0 Å². The second-order valence-corrected chi connectivity index (χ2v) is 7.24. The third-order valence-corrected chi connectivity index (χ3v) is 5.39. The number of nitrogens with zero attached hydrogens (tertiary/aromatic N) is 6. The van der Waals surface area contributed by atoms with Gasteiger partial charge in [-0.3, -0.25) is 14.6 Å². The van der Waals surface area contributed by atoms with E-state index >= 15 is 0 Å². The average molecular weight is 388 g/mol. The number of amides is 1. The number of halogens is 3. The van der Waals surface area contributed by atoms with Gasteiger partial charge in [0.25, 0.3) is 0 Å². The zero-order valence-corrected chi connectivity index (χ0v) is 14.9. The molecule has 0 aliphatic carbocycles. The summed E-state index contributed by atoms with van der Waals surface area (Å²) in [6.45, 7) is 4.20. The molecule has 5 rings (SSSR count). The maximum absolute atomic E-state index is 13.3. The van der Waals surface area contributed by atoms with Crippen molar-refractivity contribution >= 4 is 5.91 Å². The summed E-state index contributed by atoms with van der Waals surface area (Å²) in [6, 6.07) is -0.780. The molecule has 4 unspecified atom stereocenters. The Kier molecular flexibility index (Phi) is 5.08. The third-order valence-electron chi connectivity index (χ3n) is 5.39. The highest BCUT2D eigenvalue weighted by Gasteiger charge is 2.41. The van der Waals surface area contributed by atoms with Crippen molar-refractivity contribution in [1.29, 1.82) is 0 Å². The van der Waals surface area contributed by atoms with Crippen molar-refractivity contribution in [2.45, 2.75) is 31.2 Å². The number of hydrogen-bond donors (Lipinski definition) is 0. The number of alkyl halides is 3. The van der Waals surface area contributed by atoms with E-state index in [-0.39, 0.29) is 24.4 Å². The summed E-state index contributed by atoms with van der Waals surface area (Å²) in [4.78, 5) is 23.5. The van der Waals surface area contributed by atoms with E-state index in [1.54, 1.807) is 4.90 Å². The van der Waals surface area contributed by atoms with E-state index in [0.29, 0.717) is 19.7 Å². The summed E-state index contributed by atoms with van der Waals surface area (Å²) in [6.07, 6.45) is -2.27. The Hall–Kier alpha value is -1.72. The molecule has 0 N–H and O–H groups in total. The molecule has 4 fully saturated rings. The summed E-state index contributed by atoms with van der Waals surface area (Å²) in [7, 11) is 0. The SMILES string of the molecule is O=C(C1CN2CCCN1CC2)N1CCOCC1c1ncn(CC(F)(F)F)n1. The zero-order chi connectivity index (χ0) is 19.0. The molecule has 0 radical (unpaired) electrons. The normalized spacial score (nSPS) is 31.7. The topological polar surface area (TPSA) is 66.7 Å². The van der Waals surface area contributed by atoms with Crippen LogP contribution in [0.5, 0.6) is 0 Å². The van der Waals surface area contributed by atoms with Crippen molar-refractivity contribution in [2.75, 3.05) is 52.5 Å². The molecule has 1 aromatic heterocycles. The van der Waals surface area contributed by atoms with E-state index in [2.05, 4.69) is 19.9 Å². The van der Waals surface area contributed by atoms with E-state index in [9.17, 15) is 18.0 Å². The number of piperazine rings is 1. The molecule has 2 bridgehead atoms. The van der Waals surface area contributed by atoms with Crippen molar-refractivity contribution in [2.24, 2.45) is 0 Å². The Labute approximate surface area is 154 Å². The quantitative estimate of drug-likeness (QED) is 0.734. The number of carbonyl (C=O) groups excluding carboxylic acids is 1. The standard InChI is InChI=1S/C16H23F3N6O2/c17-16(18,19)10-24-11-20-14(21-24)13-9-27-7-6-25(13)15(26)12-8-22-2-1-3-23(12)5-4-22/h11-13H,1-10H2. The van der Waals surface area contributed by atoms with Crippen molar-refractivity contribution in [3.05, 3.63) is 12.2 Å². The molecule has 0 spiro atoms. The van der Waals surface area contributed by atoms with Crippen LogP contribution < -0.4 is 0 Å². The number of morpholine rings is 1. The van der Waals surface area contributed by atoms with Crippen molar-refractivity contribution < 1.29 is 22.7 Å². The maximum Gasteiger partial charge on any atom is 0.408 e. The van der Waals surface area contributed by atoms with Gasteiger partial charge >= 0.3 is 6.18 Å². The maximum atomic E-state index is 13.3. The number of carbonyl (C=O) groups is 1. The van der Waals surface area contributed by atoms with Crippen LogP contribution in [0.3, 0.4) is 0 Å². The van der Waals surface area contributed by atoms with E-state index < -0.39 is 18.8 Å². The van der Waals surface area contributed by atoms with Crippen LogP contribution >= 0.6 is 0 Å². The molecule has 4 atom stereocenters. The molecule has 4 aliphatic heterocycles. The second-order valence-electron chi connectivity index (χ2n) is 7.24. The molecular formula is C16H23F3N6O2. The monoisotopic (exact) mass is 388 g/mol. The second kappa shape index (κ2) is 7.36. The Morgan fingerprint density at radius 3 is 2.89 bits per heavy atom. The summed E-state index contributed by atoms with van der Waals surface area (Å²) in [5, 5.41) is 3.95. The van der Waals surface area contributed by atoms with Crippen LogP contribution in [0.2, 0.25) is 0 Å². The highest BCUT2D eigenvalue weighted by molar-refractivity contribution is 5.83. The first-order valence-corrected chi connectivity index (χ1v) is 9.21. The fourth-order valence-electron chi connectivity index (χ4n) is 4.07. The number of fused-ring (bicyclic) bond motifs is 4. The number of hydrogen-bond acceptors (Lipinski definition) is 6. The molecule has 5 heterocycles. The van der Waals surface area contributed by atoms with Gasteiger partial charge < -0.3 is 9.64 Å². The van der Waals surface area contributed by atoms with Gasteiger partial charge in [0.15, 0.2) is 5.82 Å². The van der Waals surface area contributed by atoms with Gasteiger partial charge in [-0.1, -0.05) is 0 Å². The van der Waals surface area contributed by atoms with Gasteiger partial charge in [-0.25, -0.2) is 9.67 Å². The van der Waals surface area contributed by atoms with Gasteiger partial charge in [-0.05, 0) is 13.0 Å². The molecule has 4 saturated heterocycles. The molecule has 150 valence electrons. The lowest BCUT2D eigenvalue weighted by atomic mass is 10.1. The molecule has 11 heteroatoms. The molecule has 0 saturated carbocycles. The highest BCUT2D eigenvalue weighted by Crippen LogP contribution is 2.26. The molecule has 4 aliphatic rings. The van der Waals surface area contributed by atoms with Crippen LogP contribution in [-0.2, 0) is 16.1 Å². The van der Waals surface area contributed by atoms with E-state index in [4.69, 9.17) is 4.74 Å². The lowest BCUT2D eigenvalue weighted by Crippen LogP contribution is -2.59. The molecule has 1 amide bonds. The molecule has 27 heavy (non-hydrogen) atoms. The van der Waals surface area contributed by atoms with E-state index in [1.165, 1.54) is 0 Å². The summed E-state index contributed by atoms with van der Waals surface area (Å²) >= 11 is 0. The van der Waals surface area contributed by atoms with Crippen LogP contribution in [0.4, 0.5) is 13.2 Å². The predicted molar refractivity (Wildman–Crippen MR) is 87.8 cm³/mol. The minimum absolute atomic E-state index is 0.0120. The van der Waals surface area contributed by atoms with Gasteiger partial charge in [0.1, 0.15) is 25.0 Å². The molecule has 8 nitrogen and oxygen atoms in total. The summed E-state index contributed by atoms with van der Waals surface area (Å²) in [5.74, 6) is 0.184. The predicted octanol–water partition coefficient (Wildman–Crippen LogP) is 0.130. The van der Waals surface area contributed by atoms with Crippen molar-refractivity contribution in [3.8, 4) is 0 Å². The fraction of sp³-hybridized carbons (Fsp3) is 0.812. The van der Waals surface area contributed by atoms with Crippen molar-refractivity contribution in [1.82, 2.24) is 29.5 Å². The first kappa shape index (κ1) is 18.6. The Balaban J connectivity index is 1.51. The van der Waals surface area contributed by atoms with Gasteiger partial charge in [-0.15, -0.1) is 0 Å². The Bertz CT molecular complexity index is 677. The third kappa shape index (κ3) is 4.09. The van der Waals surface area contributed by atoms with Crippen LogP contribution in [0.1, 0.15) is 18.3 Å². The van der Waals surface area contributed by atoms with Gasteiger partial charge in [0.05, 0.1) is 13.2 Å². The van der Waals surface area contributed by atoms with Crippen LogP contribution in [0, 0.1) is 0 Å². The first-order valence-electron chi connectivity index (χ1n) is 9.21. The number of aromatic nitrogens is 3. The van der Waals surface area contributed by atoms with Crippen molar-refractivity contribution in [3.63, 3.8) is 0 Å². The van der Waals surface area contributed by atoms with Gasteiger partial charge in [0.2, 0.25) is 5.91 Å². The minimum Gasteiger partial charge on any atom is -0.377 e. The summed E-state index contributed by atoms with van der Waals surface area (Å²) < 4.78 is 44.0. The highest BCUT2D eigenvalue weighted by atomic mass is 19.4. The van der Waals surface area contributed by atoms with Crippen LogP contribution in [0.15, 0.2) is 6.33 Å². The fourth-order valence-corrected chi connectivity index (χ4v) is 4.07. The van der Waals surface area contributed by atoms with Gasteiger partial charge in [0, 0.05) is 32.7 Å². The number of ether oxygens (including phenoxy) is 1. The largest absolute Gasteiger partial charge is 0.408 e. The van der Waals surface area contributed by atoms with Gasteiger partial charge in [-0.2, -0.15) is 18.3 Å². The number of rotatable bonds is 3. The Morgan fingerprint density at radius 2 is 2.07 bits per heavy atom. The first-order chi connectivity index (χ1) is 12.9. The smallest absolute Gasteiger partial charge is 0.377 e. The van der Waals surface area contributed by atoms with E-state index in [1.807, 2.05) is 0 Å². The molecular weight excluding hydrogens is 365 g/mol. The zero-order valence-electron chi connectivity index (χ0n) is 14.9. The average Bonchev–Trinajstić information content (AvgIpc) is 2.85. The molecule has 1 aromatic rings. The minimum atomic E-state index is -4.37. The van der Waals surface area contributed by atoms with E-state index in [0.717, 1.165) is 43.6 Å². The lowest BCUT2D eigenvalue weighted by Gasteiger charge is -2.42. The lowest BCUT2D eigenvalue weighted by molar-refractivity contribution is -0.148. The molecule has 0 aromatic carbocycles. The Morgan fingerprint density at radius 1 is 1.22 bits per heavy atom. The summed E-state index contributed by atoms with van der Waals surface area (Å²) in [5.41, 5.74) is 0.